The number of halogens is 1. The Morgan fingerprint density at radius 1 is 0.714 bits per heavy atom. The minimum atomic E-state index is 0. The zero-order valence-electron chi connectivity index (χ0n) is 14.9. The van der Waals surface area contributed by atoms with Crippen LogP contribution in [0, 0.1) is 0 Å². The van der Waals surface area contributed by atoms with Gasteiger partial charge in [-0.25, -0.2) is 0 Å². The van der Waals surface area contributed by atoms with E-state index in [0.717, 1.165) is 22.6 Å². The summed E-state index contributed by atoms with van der Waals surface area (Å²) in [7, 11) is 0. The summed E-state index contributed by atoms with van der Waals surface area (Å²) in [6.45, 7) is 1.54. The third-order valence-corrected chi connectivity index (χ3v) is 4.69. The van der Waals surface area contributed by atoms with Crippen molar-refractivity contribution in [1.82, 2.24) is 5.32 Å². The first kappa shape index (κ1) is 18.4. The number of hydrogen-bond acceptors (Lipinski definition) is 6. The number of benzene rings is 2. The van der Waals surface area contributed by atoms with Crippen molar-refractivity contribution in [2.24, 2.45) is 0 Å². The maximum absolute atomic E-state index is 12.9. The van der Waals surface area contributed by atoms with Crippen molar-refractivity contribution < 1.29 is 23.7 Å². The van der Waals surface area contributed by atoms with Crippen molar-refractivity contribution in [1.29, 1.82) is 0 Å². The zero-order valence-corrected chi connectivity index (χ0v) is 15.7. The van der Waals surface area contributed by atoms with Gasteiger partial charge in [0.2, 0.25) is 13.6 Å². The summed E-state index contributed by atoms with van der Waals surface area (Å²) in [5.74, 6) is 2.92. The lowest BCUT2D eigenvalue weighted by Gasteiger charge is -2.18. The van der Waals surface area contributed by atoms with Crippen LogP contribution in [0.5, 0.6) is 23.0 Å². The molecule has 28 heavy (non-hydrogen) atoms. The third kappa shape index (κ3) is 3.44. The quantitative estimate of drug-likeness (QED) is 0.782. The topological polar surface area (TPSA) is 66.0 Å². The molecule has 3 aliphatic heterocycles. The number of piperidine rings is 1. The summed E-state index contributed by atoms with van der Waals surface area (Å²) < 4.78 is 21.5. The van der Waals surface area contributed by atoms with Crippen molar-refractivity contribution in [3.63, 3.8) is 0 Å². The monoisotopic (exact) mass is 399 g/mol. The van der Waals surface area contributed by atoms with Gasteiger partial charge in [0, 0.05) is 24.2 Å². The van der Waals surface area contributed by atoms with Crippen LogP contribution in [0.15, 0.2) is 47.5 Å². The van der Waals surface area contributed by atoms with E-state index in [2.05, 4.69) is 5.32 Å². The predicted octanol–water partition coefficient (Wildman–Crippen LogP) is 3.21. The number of Topliss-reactive ketones (excluding diaryl/α,β-unsaturated/α-hetero) is 1. The molecule has 3 aliphatic rings. The van der Waals surface area contributed by atoms with E-state index in [1.165, 1.54) is 0 Å². The van der Waals surface area contributed by atoms with Gasteiger partial charge in [0.1, 0.15) is 0 Å². The number of ether oxygens (including phenoxy) is 4. The molecule has 0 unspecified atom stereocenters. The van der Waals surface area contributed by atoms with E-state index in [0.29, 0.717) is 35.7 Å². The Kier molecular flexibility index (Phi) is 4.98. The molecular weight excluding hydrogens is 382 g/mol. The molecule has 7 heteroatoms. The molecule has 6 nitrogen and oxygen atoms in total. The van der Waals surface area contributed by atoms with Crippen LogP contribution in [0.3, 0.4) is 0 Å². The molecule has 1 fully saturated rings. The van der Waals surface area contributed by atoms with Crippen LogP contribution in [-0.4, -0.2) is 32.5 Å². The Labute approximate surface area is 168 Å². The maximum Gasteiger partial charge on any atom is 0.231 e. The molecule has 3 heterocycles. The van der Waals surface area contributed by atoms with Gasteiger partial charge in [-0.05, 0) is 47.5 Å². The fraction of sp³-hybridized carbons (Fsp3) is 0.190. The largest absolute Gasteiger partial charge is 0.454 e. The van der Waals surface area contributed by atoms with E-state index in [1.807, 2.05) is 48.6 Å². The molecule has 0 spiro atoms. The predicted molar refractivity (Wildman–Crippen MR) is 106 cm³/mol. The number of carbonyl (C=O) groups excluding carboxylic acids is 1. The Balaban J connectivity index is 0.00000192. The minimum absolute atomic E-state index is 0. The fourth-order valence-electron chi connectivity index (χ4n) is 3.34. The molecule has 2 aromatic carbocycles. The number of carbonyl (C=O) groups is 1. The zero-order chi connectivity index (χ0) is 18.2. The van der Waals surface area contributed by atoms with Crippen LogP contribution in [0.2, 0.25) is 0 Å². The van der Waals surface area contributed by atoms with Crippen LogP contribution in [-0.2, 0) is 4.79 Å². The van der Waals surface area contributed by atoms with Crippen LogP contribution < -0.4 is 24.3 Å². The Morgan fingerprint density at radius 3 is 1.68 bits per heavy atom. The molecule has 1 N–H and O–H groups in total. The maximum atomic E-state index is 12.9. The SMILES string of the molecule is Cl.O=C1/C(=C/c2ccc3c(c2)OCO3)CNC/C1=C\c1ccc2c(c1)OCO2. The van der Waals surface area contributed by atoms with Crippen molar-refractivity contribution in [3.05, 3.63) is 58.7 Å². The lowest BCUT2D eigenvalue weighted by atomic mass is 9.95. The van der Waals surface area contributed by atoms with E-state index < -0.39 is 0 Å². The highest BCUT2D eigenvalue weighted by Gasteiger charge is 2.21. The minimum Gasteiger partial charge on any atom is -0.454 e. The van der Waals surface area contributed by atoms with E-state index in [9.17, 15) is 4.79 Å². The fourth-order valence-corrected chi connectivity index (χ4v) is 3.34. The van der Waals surface area contributed by atoms with Gasteiger partial charge in [-0.2, -0.15) is 0 Å². The summed E-state index contributed by atoms with van der Waals surface area (Å²) in [5.41, 5.74) is 3.25. The second-order valence-corrected chi connectivity index (χ2v) is 6.50. The number of fused-ring (bicyclic) bond motifs is 2. The molecule has 0 bridgehead atoms. The average Bonchev–Trinajstić information content (AvgIpc) is 3.33. The molecule has 0 aliphatic carbocycles. The van der Waals surface area contributed by atoms with Crippen molar-refractivity contribution in [3.8, 4) is 23.0 Å². The van der Waals surface area contributed by atoms with Gasteiger partial charge < -0.3 is 24.3 Å². The van der Waals surface area contributed by atoms with Crippen molar-refractivity contribution in [2.45, 2.75) is 0 Å². The summed E-state index contributed by atoms with van der Waals surface area (Å²) in [6.07, 6.45) is 3.79. The first-order valence-corrected chi connectivity index (χ1v) is 8.72. The molecule has 1 saturated heterocycles. The summed E-state index contributed by atoms with van der Waals surface area (Å²) in [6, 6.07) is 11.3. The molecule has 144 valence electrons. The molecular formula is C21H18ClNO5. The van der Waals surface area contributed by atoms with Crippen molar-refractivity contribution >= 4 is 30.3 Å². The van der Waals surface area contributed by atoms with Gasteiger partial charge in [0.25, 0.3) is 0 Å². The molecule has 5 rings (SSSR count). The molecule has 2 aromatic rings. The molecule has 0 atom stereocenters. The normalized spacial score (nSPS) is 19.8. The van der Waals surface area contributed by atoms with Crippen LogP contribution >= 0.6 is 12.4 Å². The van der Waals surface area contributed by atoms with Crippen molar-refractivity contribution in [2.75, 3.05) is 26.7 Å². The number of nitrogens with one attached hydrogen (secondary N) is 1. The number of hydrogen-bond donors (Lipinski definition) is 1. The number of ketones is 1. The first-order chi connectivity index (χ1) is 13.3. The third-order valence-electron chi connectivity index (χ3n) is 4.69. The van der Waals surface area contributed by atoms with E-state index in [4.69, 9.17) is 18.9 Å². The second kappa shape index (κ2) is 7.58. The summed E-state index contributed by atoms with van der Waals surface area (Å²) in [5, 5.41) is 3.29. The van der Waals surface area contributed by atoms with E-state index in [-0.39, 0.29) is 31.8 Å². The van der Waals surface area contributed by atoms with Crippen LogP contribution in [0.25, 0.3) is 12.2 Å². The highest BCUT2D eigenvalue weighted by atomic mass is 35.5. The Hall–Kier alpha value is -2.96. The Morgan fingerprint density at radius 2 is 1.18 bits per heavy atom. The van der Waals surface area contributed by atoms with Crippen LogP contribution in [0.1, 0.15) is 11.1 Å². The van der Waals surface area contributed by atoms with E-state index in [1.54, 1.807) is 0 Å². The molecule has 0 radical (unpaired) electrons. The Bertz CT molecular complexity index is 921. The van der Waals surface area contributed by atoms with Gasteiger partial charge >= 0.3 is 0 Å². The average molecular weight is 400 g/mol. The summed E-state index contributed by atoms with van der Waals surface area (Å²) in [4.78, 5) is 12.9. The van der Waals surface area contributed by atoms with E-state index >= 15 is 0 Å². The second-order valence-electron chi connectivity index (χ2n) is 6.50. The van der Waals surface area contributed by atoms with Gasteiger partial charge in [-0.15, -0.1) is 12.4 Å². The lowest BCUT2D eigenvalue weighted by Crippen LogP contribution is -2.32. The smallest absolute Gasteiger partial charge is 0.231 e. The highest BCUT2D eigenvalue weighted by Crippen LogP contribution is 2.34. The lowest BCUT2D eigenvalue weighted by molar-refractivity contribution is -0.112. The first-order valence-electron chi connectivity index (χ1n) is 8.72. The van der Waals surface area contributed by atoms with Gasteiger partial charge in [-0.3, -0.25) is 4.79 Å². The van der Waals surface area contributed by atoms with Gasteiger partial charge in [-0.1, -0.05) is 12.1 Å². The molecule has 0 amide bonds. The van der Waals surface area contributed by atoms with Crippen LogP contribution in [0.4, 0.5) is 0 Å². The number of rotatable bonds is 2. The summed E-state index contributed by atoms with van der Waals surface area (Å²) >= 11 is 0. The standard InChI is InChI=1S/C21H17NO5.ClH/c23-21-15(5-13-1-3-17-19(7-13)26-11-24-17)9-22-10-16(21)6-14-2-4-18-20(8-14)27-12-25-18;/h1-8,22H,9-12H2;1H/b15-5+,16-6+;. The van der Waals surface area contributed by atoms with Gasteiger partial charge in [0.05, 0.1) is 0 Å². The highest BCUT2D eigenvalue weighted by molar-refractivity contribution is 6.14. The van der Waals surface area contributed by atoms with Gasteiger partial charge in [0.15, 0.2) is 28.8 Å². The molecule has 0 aromatic heterocycles. The molecule has 0 saturated carbocycles.